The summed E-state index contributed by atoms with van der Waals surface area (Å²) in [5.41, 5.74) is 0. The Kier molecular flexibility index (Phi) is 3.97. The molecule has 1 aliphatic heterocycles. The van der Waals surface area contributed by atoms with Crippen molar-refractivity contribution in [1.29, 1.82) is 0 Å². The minimum atomic E-state index is -3.43. The Morgan fingerprint density at radius 1 is 0.905 bits per heavy atom. The average Bonchev–Trinajstić information content (AvgIpc) is 2.72. The van der Waals surface area contributed by atoms with E-state index in [1.165, 1.54) is 0 Å². The van der Waals surface area contributed by atoms with Crippen LogP contribution in [0.2, 0.25) is 0 Å². The molecule has 1 saturated heterocycles. The van der Waals surface area contributed by atoms with Crippen LogP contribution < -0.4 is 0 Å². The third-order valence-corrected chi connectivity index (χ3v) is 6.00. The summed E-state index contributed by atoms with van der Waals surface area (Å²) >= 11 is 0. The van der Waals surface area contributed by atoms with Crippen LogP contribution in [-0.4, -0.2) is 50.8 Å². The minimum absolute atomic E-state index is 0.421. The molecule has 0 aliphatic carbocycles. The molecule has 1 aliphatic rings. The summed E-state index contributed by atoms with van der Waals surface area (Å²) in [5.74, 6) is 0. The van der Waals surface area contributed by atoms with Crippen molar-refractivity contribution in [3.8, 4) is 0 Å². The van der Waals surface area contributed by atoms with Crippen molar-refractivity contribution in [3.05, 3.63) is 42.5 Å². The van der Waals surface area contributed by atoms with Crippen molar-refractivity contribution in [1.82, 2.24) is 9.21 Å². The maximum Gasteiger partial charge on any atom is 0.243 e. The lowest BCUT2D eigenvalue weighted by Gasteiger charge is -2.21. The molecule has 0 spiro atoms. The lowest BCUT2D eigenvalue weighted by Crippen LogP contribution is -2.34. The molecule has 5 heteroatoms. The Balaban J connectivity index is 2.04. The van der Waals surface area contributed by atoms with Crippen molar-refractivity contribution >= 4 is 20.8 Å². The molecule has 1 heterocycles. The first-order valence-corrected chi connectivity index (χ1v) is 8.69. The van der Waals surface area contributed by atoms with Crippen molar-refractivity contribution in [2.24, 2.45) is 0 Å². The maximum absolute atomic E-state index is 13.0. The van der Waals surface area contributed by atoms with Gasteiger partial charge in [-0.1, -0.05) is 36.4 Å². The summed E-state index contributed by atoms with van der Waals surface area (Å²) in [6.07, 6.45) is 0.875. The number of sulfonamides is 1. The quantitative estimate of drug-likeness (QED) is 0.854. The normalized spacial score (nSPS) is 18.7. The number of rotatable bonds is 2. The molecule has 0 amide bonds. The number of nitrogens with zero attached hydrogens (tertiary/aromatic N) is 2. The van der Waals surface area contributed by atoms with E-state index in [0.29, 0.717) is 18.0 Å². The van der Waals surface area contributed by atoms with Gasteiger partial charge in [-0.2, -0.15) is 4.31 Å². The fraction of sp³-hybridized carbons (Fsp3) is 0.375. The first-order chi connectivity index (χ1) is 10.1. The second-order valence-electron chi connectivity index (χ2n) is 5.54. The molecule has 21 heavy (non-hydrogen) atoms. The predicted octanol–water partition coefficient (Wildman–Crippen LogP) is 2.17. The molecular formula is C16H20N2O2S. The van der Waals surface area contributed by atoms with Crippen molar-refractivity contribution in [2.45, 2.75) is 11.3 Å². The fourth-order valence-corrected chi connectivity index (χ4v) is 4.51. The molecule has 3 rings (SSSR count). The van der Waals surface area contributed by atoms with Crippen LogP contribution in [0.5, 0.6) is 0 Å². The molecule has 0 atom stereocenters. The smallest absolute Gasteiger partial charge is 0.243 e. The molecule has 0 unspecified atom stereocenters. The zero-order chi connectivity index (χ0) is 14.9. The van der Waals surface area contributed by atoms with Gasteiger partial charge in [0.25, 0.3) is 0 Å². The first-order valence-electron chi connectivity index (χ1n) is 7.25. The van der Waals surface area contributed by atoms with Crippen LogP contribution in [-0.2, 0) is 10.0 Å². The second-order valence-corrected chi connectivity index (χ2v) is 7.44. The molecule has 0 saturated carbocycles. The van der Waals surface area contributed by atoms with Gasteiger partial charge in [0, 0.05) is 25.0 Å². The van der Waals surface area contributed by atoms with E-state index in [0.717, 1.165) is 30.3 Å². The summed E-state index contributed by atoms with van der Waals surface area (Å²) < 4.78 is 27.6. The molecule has 4 nitrogen and oxygen atoms in total. The van der Waals surface area contributed by atoms with Gasteiger partial charge in [0.2, 0.25) is 10.0 Å². The monoisotopic (exact) mass is 304 g/mol. The molecule has 0 radical (unpaired) electrons. The number of likely N-dealkylation sites (N-methyl/N-ethyl adjacent to an activating group) is 1. The number of benzene rings is 2. The Morgan fingerprint density at radius 3 is 2.52 bits per heavy atom. The summed E-state index contributed by atoms with van der Waals surface area (Å²) in [5, 5.41) is 1.77. The van der Waals surface area contributed by atoms with Gasteiger partial charge >= 0.3 is 0 Å². The molecule has 0 bridgehead atoms. The van der Waals surface area contributed by atoms with E-state index in [1.54, 1.807) is 10.4 Å². The van der Waals surface area contributed by atoms with Gasteiger partial charge < -0.3 is 4.90 Å². The first kappa shape index (κ1) is 14.5. The molecule has 0 N–H and O–H groups in total. The molecular weight excluding hydrogens is 284 g/mol. The van der Waals surface area contributed by atoms with Gasteiger partial charge in [-0.05, 0) is 31.5 Å². The van der Waals surface area contributed by atoms with Gasteiger partial charge in [0.15, 0.2) is 0 Å². The summed E-state index contributed by atoms with van der Waals surface area (Å²) in [6.45, 7) is 2.88. The Bertz CT molecular complexity index is 738. The van der Waals surface area contributed by atoms with Crippen LogP contribution in [0.25, 0.3) is 10.8 Å². The van der Waals surface area contributed by atoms with Gasteiger partial charge in [0.05, 0.1) is 4.90 Å². The highest BCUT2D eigenvalue weighted by Crippen LogP contribution is 2.26. The van der Waals surface area contributed by atoms with Crippen LogP contribution in [0.4, 0.5) is 0 Å². The Labute approximate surface area is 126 Å². The van der Waals surface area contributed by atoms with Crippen LogP contribution >= 0.6 is 0 Å². The van der Waals surface area contributed by atoms with Crippen molar-refractivity contribution in [2.75, 3.05) is 33.2 Å². The fourth-order valence-electron chi connectivity index (χ4n) is 2.82. The zero-order valence-corrected chi connectivity index (χ0v) is 13.0. The maximum atomic E-state index is 13.0. The van der Waals surface area contributed by atoms with E-state index >= 15 is 0 Å². The molecule has 2 aromatic rings. The molecule has 1 fully saturated rings. The van der Waals surface area contributed by atoms with E-state index in [1.807, 2.05) is 43.4 Å². The number of fused-ring (bicyclic) bond motifs is 1. The van der Waals surface area contributed by atoms with Crippen LogP contribution in [0.15, 0.2) is 47.4 Å². The van der Waals surface area contributed by atoms with E-state index in [4.69, 9.17) is 0 Å². The highest BCUT2D eigenvalue weighted by Gasteiger charge is 2.27. The van der Waals surface area contributed by atoms with E-state index in [-0.39, 0.29) is 0 Å². The zero-order valence-electron chi connectivity index (χ0n) is 12.2. The van der Waals surface area contributed by atoms with Crippen LogP contribution in [0, 0.1) is 0 Å². The summed E-state index contributed by atoms with van der Waals surface area (Å²) in [4.78, 5) is 2.60. The number of hydrogen-bond acceptors (Lipinski definition) is 3. The Hall–Kier alpha value is -1.43. The minimum Gasteiger partial charge on any atom is -0.305 e. The van der Waals surface area contributed by atoms with Gasteiger partial charge in [0.1, 0.15) is 0 Å². The van der Waals surface area contributed by atoms with E-state index in [9.17, 15) is 8.42 Å². The lowest BCUT2D eigenvalue weighted by molar-refractivity contribution is 0.347. The summed E-state index contributed by atoms with van der Waals surface area (Å²) in [7, 11) is -1.39. The van der Waals surface area contributed by atoms with E-state index < -0.39 is 10.0 Å². The third kappa shape index (κ3) is 2.81. The summed E-state index contributed by atoms with van der Waals surface area (Å²) in [6, 6.07) is 13.1. The van der Waals surface area contributed by atoms with Crippen molar-refractivity contribution in [3.63, 3.8) is 0 Å². The second kappa shape index (κ2) is 5.75. The third-order valence-electron chi connectivity index (χ3n) is 4.05. The van der Waals surface area contributed by atoms with Gasteiger partial charge in [-0.25, -0.2) is 8.42 Å². The van der Waals surface area contributed by atoms with Crippen LogP contribution in [0.1, 0.15) is 6.42 Å². The largest absolute Gasteiger partial charge is 0.305 e. The Morgan fingerprint density at radius 2 is 1.67 bits per heavy atom. The van der Waals surface area contributed by atoms with Crippen LogP contribution in [0.3, 0.4) is 0 Å². The SMILES string of the molecule is CN1CCCN(S(=O)(=O)c2cccc3ccccc23)CC1. The van der Waals surface area contributed by atoms with Gasteiger partial charge in [-0.3, -0.25) is 0 Å². The molecule has 0 aromatic heterocycles. The predicted molar refractivity (Wildman–Crippen MR) is 84.8 cm³/mol. The van der Waals surface area contributed by atoms with Gasteiger partial charge in [-0.15, -0.1) is 0 Å². The number of hydrogen-bond donors (Lipinski definition) is 0. The highest BCUT2D eigenvalue weighted by molar-refractivity contribution is 7.89. The highest BCUT2D eigenvalue weighted by atomic mass is 32.2. The standard InChI is InChI=1S/C16H20N2O2S/c1-17-10-5-11-18(13-12-17)21(19,20)16-9-4-7-14-6-2-3-8-15(14)16/h2-4,6-9H,5,10-13H2,1H3. The lowest BCUT2D eigenvalue weighted by atomic mass is 10.1. The average molecular weight is 304 g/mol. The van der Waals surface area contributed by atoms with E-state index in [2.05, 4.69) is 4.90 Å². The van der Waals surface area contributed by atoms with Crippen molar-refractivity contribution < 1.29 is 8.42 Å². The molecule has 2 aromatic carbocycles. The molecule has 112 valence electrons. The topological polar surface area (TPSA) is 40.6 Å².